The molecule has 3 fully saturated rings. The molecule has 0 aromatic heterocycles. The van der Waals surface area contributed by atoms with E-state index in [4.69, 9.17) is 35.2 Å². The first-order chi connectivity index (χ1) is 21.0. The predicted molar refractivity (Wildman–Crippen MR) is 155 cm³/mol. The van der Waals surface area contributed by atoms with Crippen LogP contribution in [0.5, 0.6) is 0 Å². The van der Waals surface area contributed by atoms with Gasteiger partial charge in [-0.05, 0) is 32.6 Å². The van der Waals surface area contributed by atoms with Crippen molar-refractivity contribution in [3.05, 3.63) is 0 Å². The first-order valence-corrected chi connectivity index (χ1v) is 15.8. The topological polar surface area (TPSA) is 273 Å². The average molecular weight is 675 g/mol. The van der Waals surface area contributed by atoms with Gasteiger partial charge >= 0.3 is 0 Å². The van der Waals surface area contributed by atoms with Crippen molar-refractivity contribution >= 4 is 12.2 Å². The van der Waals surface area contributed by atoms with E-state index in [1.165, 1.54) is 0 Å². The Kier molecular flexibility index (Phi) is 14.2. The maximum atomic E-state index is 11.4. The summed E-state index contributed by atoms with van der Waals surface area (Å²) in [6.45, 7) is 9.52. The maximum absolute atomic E-state index is 11.4. The van der Waals surface area contributed by atoms with Crippen molar-refractivity contribution in [2.24, 2.45) is 28.7 Å². The maximum Gasteiger partial charge on any atom is 0.177 e. The fourth-order valence-corrected chi connectivity index (χ4v) is 6.83. The summed E-state index contributed by atoms with van der Waals surface area (Å²) in [5.41, 5.74) is 11.6. The van der Waals surface area contributed by atoms with Gasteiger partial charge in [0.2, 0.25) is 0 Å². The van der Waals surface area contributed by atoms with Crippen LogP contribution in [0.15, 0.2) is 0 Å². The fraction of sp³-hybridized carbons (Fsp3) is 1.00. The number of nitrogens with one attached hydrogen (secondary N) is 1. The minimum atomic E-state index is -1.43. The quantitative estimate of drug-likeness (QED) is 0.0320. The van der Waals surface area contributed by atoms with Crippen LogP contribution >= 0.6 is 12.2 Å². The van der Waals surface area contributed by atoms with E-state index in [2.05, 4.69) is 14.1 Å². The monoisotopic (exact) mass is 674 g/mol. The fourth-order valence-electron chi connectivity index (χ4n) is 6.40. The van der Waals surface area contributed by atoms with Crippen molar-refractivity contribution in [2.75, 3.05) is 19.8 Å². The van der Waals surface area contributed by atoms with Crippen LogP contribution in [0.1, 0.15) is 48.0 Å². The highest BCUT2D eigenvalue weighted by molar-refractivity contribution is 7.92. The lowest BCUT2D eigenvalue weighted by atomic mass is 9.71. The minimum Gasteiger partial charge on any atom is -0.691 e. The van der Waals surface area contributed by atoms with E-state index < -0.39 is 122 Å². The number of hydrogen-bond donors (Lipinski definition) is 9. The number of aliphatic hydroxyl groups excluding tert-OH is 6. The zero-order chi connectivity index (χ0) is 33.9. The van der Waals surface area contributed by atoms with Gasteiger partial charge in [0, 0.05) is 18.4 Å². The number of nitrogens with two attached hydrogens (primary N) is 2. The number of ether oxygens (including phenoxy) is 5. The van der Waals surface area contributed by atoms with Crippen LogP contribution in [0, 0.1) is 17.3 Å². The normalized spacial score (nSPS) is 43.4. The molecule has 0 spiro atoms. The lowest BCUT2D eigenvalue weighted by molar-refractivity contribution is -0.777. The van der Waals surface area contributed by atoms with Crippen molar-refractivity contribution in [3.63, 3.8) is 0 Å². The molecule has 15 unspecified atom stereocenters. The van der Waals surface area contributed by atoms with Gasteiger partial charge in [-0.2, -0.15) is 4.33 Å². The van der Waals surface area contributed by atoms with Gasteiger partial charge in [-0.3, -0.25) is 5.04 Å². The molecule has 0 aromatic rings. The second kappa shape index (κ2) is 16.4. The number of rotatable bonds is 12. The van der Waals surface area contributed by atoms with Gasteiger partial charge in [-0.25, -0.2) is 4.72 Å². The predicted octanol–water partition coefficient (Wildman–Crippen LogP) is -3.47. The zero-order valence-electron chi connectivity index (χ0n) is 26.5. The highest BCUT2D eigenvalue weighted by atomic mass is 32.2. The second-order valence-electron chi connectivity index (χ2n) is 14.0. The van der Waals surface area contributed by atoms with Crippen molar-refractivity contribution in [3.8, 4) is 0 Å². The second-order valence-corrected chi connectivity index (χ2v) is 14.5. The van der Waals surface area contributed by atoms with Gasteiger partial charge in [-0.15, -0.1) is 0 Å². The summed E-state index contributed by atoms with van der Waals surface area (Å²) in [4.78, 5) is 0. The van der Waals surface area contributed by atoms with Crippen LogP contribution in [-0.4, -0.2) is 136 Å². The standard InChI is InChI=1S/C27H53N3O14S/c1-26(2,3)15-13(9-32)39-24(17(29)19(15)34)41-22-11(8-31)7-12(16(28)20(22)35)38-23-14(10-33)40-25(42-27(4,5)6)18(21(23)36)30-45-44-43-37/h11-25,30-37H,7-10,28-29H2,1-6H3/p-1. The van der Waals surface area contributed by atoms with E-state index >= 15 is 0 Å². The van der Waals surface area contributed by atoms with E-state index in [-0.39, 0.29) is 6.42 Å². The Hall–Kier alpha value is -0.330. The lowest BCUT2D eigenvalue weighted by Crippen LogP contribution is -2.68. The number of hydrogen-bond acceptors (Lipinski definition) is 18. The Morgan fingerprint density at radius 1 is 0.822 bits per heavy atom. The summed E-state index contributed by atoms with van der Waals surface area (Å²) in [5, 5.41) is 77.8. The van der Waals surface area contributed by atoms with E-state index in [9.17, 15) is 35.9 Å². The zero-order valence-corrected chi connectivity index (χ0v) is 27.3. The molecule has 0 radical (unpaired) electrons. The van der Waals surface area contributed by atoms with Crippen molar-refractivity contribution in [1.82, 2.24) is 4.72 Å². The van der Waals surface area contributed by atoms with E-state index in [0.29, 0.717) is 12.2 Å². The third-order valence-electron chi connectivity index (χ3n) is 8.55. The van der Waals surface area contributed by atoms with Gasteiger partial charge in [0.1, 0.15) is 30.5 Å². The summed E-state index contributed by atoms with van der Waals surface area (Å²) < 4.78 is 37.0. The van der Waals surface area contributed by atoms with Crippen LogP contribution in [0.2, 0.25) is 0 Å². The molecule has 1 aliphatic carbocycles. The van der Waals surface area contributed by atoms with Gasteiger partial charge in [-0.1, -0.05) is 20.8 Å². The Morgan fingerprint density at radius 2 is 1.44 bits per heavy atom. The van der Waals surface area contributed by atoms with Gasteiger partial charge in [0.05, 0.1) is 67.5 Å². The Balaban J connectivity index is 1.77. The first-order valence-electron chi connectivity index (χ1n) is 15.0. The highest BCUT2D eigenvalue weighted by Crippen LogP contribution is 2.40. The van der Waals surface area contributed by atoms with E-state index in [0.717, 1.165) is 0 Å². The van der Waals surface area contributed by atoms with E-state index in [1.807, 2.05) is 20.8 Å². The van der Waals surface area contributed by atoms with Gasteiger partial charge in [0.25, 0.3) is 0 Å². The van der Waals surface area contributed by atoms with Crippen LogP contribution in [-0.2, 0) is 33.1 Å². The summed E-state index contributed by atoms with van der Waals surface area (Å²) in [6.07, 6.45) is -11.4. The number of aliphatic hydroxyl groups is 6. The summed E-state index contributed by atoms with van der Waals surface area (Å²) in [5.74, 6) is -1.26. The largest absolute Gasteiger partial charge is 0.691 e. The molecule has 15 atom stereocenters. The van der Waals surface area contributed by atoms with Crippen molar-refractivity contribution < 1.29 is 69.0 Å². The van der Waals surface area contributed by atoms with Crippen LogP contribution in [0.4, 0.5) is 0 Å². The van der Waals surface area contributed by atoms with Crippen molar-refractivity contribution in [2.45, 2.75) is 133 Å². The minimum absolute atomic E-state index is 0.0429. The first kappa shape index (κ1) is 39.1. The Labute approximate surface area is 267 Å². The third-order valence-corrected chi connectivity index (χ3v) is 9.04. The summed E-state index contributed by atoms with van der Waals surface area (Å²) in [6, 6.07) is -3.21. The lowest BCUT2D eigenvalue weighted by Gasteiger charge is -2.51. The smallest absolute Gasteiger partial charge is 0.177 e. The molecule has 0 aromatic carbocycles. The molecule has 266 valence electrons. The highest BCUT2D eigenvalue weighted by Gasteiger charge is 2.54. The molecule has 2 heterocycles. The molecule has 0 bridgehead atoms. The third kappa shape index (κ3) is 9.43. The summed E-state index contributed by atoms with van der Waals surface area (Å²) in [7, 11) is 0. The molecule has 1 saturated carbocycles. The molecule has 11 N–H and O–H groups in total. The van der Waals surface area contributed by atoms with E-state index in [1.54, 1.807) is 20.8 Å². The molecule has 0 amide bonds. The molecule has 45 heavy (non-hydrogen) atoms. The molecular weight excluding hydrogens is 622 g/mol. The Bertz CT molecular complexity index is 896. The van der Waals surface area contributed by atoms with Gasteiger partial charge < -0.3 is 71.0 Å². The Morgan fingerprint density at radius 3 is 1.98 bits per heavy atom. The summed E-state index contributed by atoms with van der Waals surface area (Å²) >= 11 is 0.383. The molecule has 3 aliphatic rings. The average Bonchev–Trinajstić information content (AvgIpc) is 2.95. The molecule has 3 rings (SSSR count). The van der Waals surface area contributed by atoms with Crippen LogP contribution < -0.4 is 21.4 Å². The van der Waals surface area contributed by atoms with Crippen LogP contribution in [0.3, 0.4) is 0 Å². The molecule has 18 heteroatoms. The molecule has 2 saturated heterocycles. The molecule has 17 nitrogen and oxygen atoms in total. The SMILES string of the molecule is CC(C)(C)OC1OC(CO)C(OC2CC(CO)C(OC3OC(CO)C(C(C)(C)C)C(O)C3N)C(O)C2N)C(O)C1NSOO[O-]. The molecular formula is C27H52N3O14S-. The van der Waals surface area contributed by atoms with Crippen molar-refractivity contribution in [1.29, 1.82) is 0 Å². The van der Waals surface area contributed by atoms with Gasteiger partial charge in [0.15, 0.2) is 12.6 Å². The van der Waals surface area contributed by atoms with Crippen LogP contribution in [0.25, 0.3) is 0 Å². The molecule has 2 aliphatic heterocycles.